The average molecular weight is 329 g/mol. The van der Waals surface area contributed by atoms with Gasteiger partial charge in [-0.3, -0.25) is 0 Å². The zero-order chi connectivity index (χ0) is 15.5. The summed E-state index contributed by atoms with van der Waals surface area (Å²) in [5.74, 6) is -0.0691. The number of rotatable bonds is 5. The van der Waals surface area contributed by atoms with Crippen molar-refractivity contribution in [2.75, 3.05) is 11.8 Å². The van der Waals surface area contributed by atoms with Crippen LogP contribution < -0.4 is 0 Å². The van der Waals surface area contributed by atoms with Crippen molar-refractivity contribution in [3.63, 3.8) is 0 Å². The molecule has 0 nitrogen and oxygen atoms in total. The van der Waals surface area contributed by atoms with Gasteiger partial charge in [-0.15, -0.1) is 23.2 Å². The van der Waals surface area contributed by atoms with Crippen molar-refractivity contribution in [1.82, 2.24) is 0 Å². The van der Waals surface area contributed by atoms with E-state index in [0.29, 0.717) is 6.42 Å². The first kappa shape index (κ1) is 16.3. The summed E-state index contributed by atoms with van der Waals surface area (Å²) in [6.07, 6.45) is 0.537. The first-order valence-electron chi connectivity index (χ1n) is 6.64. The topological polar surface area (TPSA) is 0 Å². The highest BCUT2D eigenvalue weighted by Crippen LogP contribution is 2.33. The van der Waals surface area contributed by atoms with E-state index in [0.717, 1.165) is 16.7 Å². The molecular weight excluding hydrogens is 313 g/mol. The Hall–Kier alpha value is -1.12. The van der Waals surface area contributed by atoms with E-state index < -0.39 is 5.41 Å². The summed E-state index contributed by atoms with van der Waals surface area (Å²) in [6, 6.07) is 11.0. The third-order valence-electron chi connectivity index (χ3n) is 3.78. The van der Waals surface area contributed by atoms with Gasteiger partial charge in [0.05, 0.1) is 0 Å². The highest BCUT2D eigenvalue weighted by molar-refractivity contribution is 6.22. The number of aryl methyl sites for hydroxylation is 1. The fourth-order valence-electron chi connectivity index (χ4n) is 2.43. The van der Waals surface area contributed by atoms with Crippen molar-refractivity contribution in [2.24, 2.45) is 0 Å². The van der Waals surface area contributed by atoms with Crippen LogP contribution in [0.25, 0.3) is 0 Å². The fraction of sp³-hybridized carbons (Fsp3) is 0.294. The van der Waals surface area contributed by atoms with Crippen molar-refractivity contribution < 1.29 is 8.78 Å². The van der Waals surface area contributed by atoms with Gasteiger partial charge in [0.25, 0.3) is 0 Å². The van der Waals surface area contributed by atoms with Gasteiger partial charge in [-0.25, -0.2) is 8.78 Å². The predicted molar refractivity (Wildman–Crippen MR) is 84.4 cm³/mol. The molecule has 0 aromatic heterocycles. The molecular formula is C17H16Cl2F2. The maximum absolute atomic E-state index is 13.5. The van der Waals surface area contributed by atoms with Gasteiger partial charge in [0, 0.05) is 17.2 Å². The molecule has 0 radical (unpaired) electrons. The molecule has 21 heavy (non-hydrogen) atoms. The minimum Gasteiger partial charge on any atom is -0.207 e. The van der Waals surface area contributed by atoms with Crippen LogP contribution in [0.3, 0.4) is 0 Å². The smallest absolute Gasteiger partial charge is 0.123 e. The van der Waals surface area contributed by atoms with Gasteiger partial charge in [-0.05, 0) is 54.3 Å². The molecule has 4 heteroatoms. The molecule has 2 aromatic rings. The van der Waals surface area contributed by atoms with E-state index in [4.69, 9.17) is 23.2 Å². The van der Waals surface area contributed by atoms with E-state index in [9.17, 15) is 8.78 Å². The highest BCUT2D eigenvalue weighted by Gasteiger charge is 2.32. The Morgan fingerprint density at radius 1 is 0.952 bits per heavy atom. The maximum atomic E-state index is 13.5. The molecule has 0 aliphatic heterocycles. The Balaban J connectivity index is 2.43. The second kappa shape index (κ2) is 6.76. The van der Waals surface area contributed by atoms with E-state index in [1.807, 2.05) is 13.0 Å². The average Bonchev–Trinajstić information content (AvgIpc) is 2.47. The molecule has 0 spiro atoms. The Morgan fingerprint density at radius 2 is 1.62 bits per heavy atom. The van der Waals surface area contributed by atoms with Crippen LogP contribution in [0.5, 0.6) is 0 Å². The van der Waals surface area contributed by atoms with Crippen molar-refractivity contribution in [2.45, 2.75) is 18.8 Å². The Bertz CT molecular complexity index is 622. The lowest BCUT2D eigenvalue weighted by molar-refractivity contribution is 0.526. The minimum absolute atomic E-state index is 0.261. The van der Waals surface area contributed by atoms with Gasteiger partial charge in [0.1, 0.15) is 11.6 Å². The number of halogens is 4. The van der Waals surface area contributed by atoms with Gasteiger partial charge < -0.3 is 0 Å². The van der Waals surface area contributed by atoms with Crippen molar-refractivity contribution in [3.05, 3.63) is 70.8 Å². The summed E-state index contributed by atoms with van der Waals surface area (Å²) in [5, 5.41) is 0. The quantitative estimate of drug-likeness (QED) is 0.659. The molecule has 0 N–H and O–H groups in total. The van der Waals surface area contributed by atoms with Crippen LogP contribution in [0, 0.1) is 18.6 Å². The van der Waals surface area contributed by atoms with Crippen LogP contribution in [0.15, 0.2) is 42.5 Å². The molecule has 0 amide bonds. The fourth-order valence-corrected chi connectivity index (χ4v) is 3.21. The molecule has 2 rings (SSSR count). The van der Waals surface area contributed by atoms with Crippen LogP contribution in [0.1, 0.15) is 16.7 Å². The standard InChI is InChI=1S/C17H16Cl2F2/c1-12-7-16(21)6-5-13(12)9-17(10-18,11-19)14-3-2-4-15(20)8-14/h2-8H,9-11H2,1H3. The van der Waals surface area contributed by atoms with Crippen LogP contribution >= 0.6 is 23.2 Å². The van der Waals surface area contributed by atoms with Crippen LogP contribution in [-0.4, -0.2) is 11.8 Å². The van der Waals surface area contributed by atoms with Crippen molar-refractivity contribution in [1.29, 1.82) is 0 Å². The van der Waals surface area contributed by atoms with Crippen LogP contribution in [0.2, 0.25) is 0 Å². The Kier molecular flexibility index (Phi) is 5.23. The summed E-state index contributed by atoms with van der Waals surface area (Å²) in [6.45, 7) is 1.84. The van der Waals surface area contributed by atoms with E-state index >= 15 is 0 Å². The van der Waals surface area contributed by atoms with Gasteiger partial charge in [0.2, 0.25) is 0 Å². The molecule has 0 bridgehead atoms. The van der Waals surface area contributed by atoms with Gasteiger partial charge in [0.15, 0.2) is 0 Å². The van der Waals surface area contributed by atoms with E-state index in [-0.39, 0.29) is 23.4 Å². The molecule has 112 valence electrons. The number of benzene rings is 2. The molecule has 0 atom stereocenters. The summed E-state index contributed by atoms with van der Waals surface area (Å²) in [5.41, 5.74) is 1.98. The summed E-state index contributed by atoms with van der Waals surface area (Å²) >= 11 is 12.3. The third kappa shape index (κ3) is 3.56. The second-order valence-electron chi connectivity index (χ2n) is 5.31. The Morgan fingerprint density at radius 3 is 2.19 bits per heavy atom. The molecule has 0 fully saturated rings. The first-order chi connectivity index (χ1) is 10.0. The SMILES string of the molecule is Cc1cc(F)ccc1CC(CCl)(CCl)c1cccc(F)c1. The lowest BCUT2D eigenvalue weighted by atomic mass is 9.78. The van der Waals surface area contributed by atoms with Gasteiger partial charge >= 0.3 is 0 Å². The molecule has 0 heterocycles. The maximum Gasteiger partial charge on any atom is 0.123 e. The normalized spacial score (nSPS) is 11.7. The molecule has 0 saturated carbocycles. The molecule has 0 saturated heterocycles. The lowest BCUT2D eigenvalue weighted by Gasteiger charge is -2.31. The molecule has 0 aliphatic rings. The van der Waals surface area contributed by atoms with Crippen LogP contribution in [-0.2, 0) is 11.8 Å². The highest BCUT2D eigenvalue weighted by atomic mass is 35.5. The molecule has 2 aromatic carbocycles. The lowest BCUT2D eigenvalue weighted by Crippen LogP contribution is -2.33. The first-order valence-corrected chi connectivity index (χ1v) is 7.71. The second-order valence-corrected chi connectivity index (χ2v) is 5.84. The van der Waals surface area contributed by atoms with Crippen molar-refractivity contribution in [3.8, 4) is 0 Å². The van der Waals surface area contributed by atoms with E-state index in [1.165, 1.54) is 24.3 Å². The molecule has 0 aliphatic carbocycles. The summed E-state index contributed by atoms with van der Waals surface area (Å²) in [7, 11) is 0. The predicted octanol–water partition coefficient (Wildman–Crippen LogP) is 5.23. The zero-order valence-electron chi connectivity index (χ0n) is 11.7. The Labute approximate surface area is 133 Å². The summed E-state index contributed by atoms with van der Waals surface area (Å²) in [4.78, 5) is 0. The zero-order valence-corrected chi connectivity index (χ0v) is 13.2. The number of alkyl halides is 2. The number of hydrogen-bond donors (Lipinski definition) is 0. The number of hydrogen-bond acceptors (Lipinski definition) is 0. The van der Waals surface area contributed by atoms with E-state index in [1.54, 1.807) is 12.1 Å². The van der Waals surface area contributed by atoms with Gasteiger partial charge in [-0.2, -0.15) is 0 Å². The summed E-state index contributed by atoms with van der Waals surface area (Å²) < 4.78 is 26.7. The minimum atomic E-state index is -0.576. The van der Waals surface area contributed by atoms with E-state index in [2.05, 4.69) is 0 Å². The van der Waals surface area contributed by atoms with Gasteiger partial charge in [-0.1, -0.05) is 18.2 Å². The molecule has 0 unspecified atom stereocenters. The monoisotopic (exact) mass is 328 g/mol. The third-order valence-corrected chi connectivity index (χ3v) is 4.81. The largest absolute Gasteiger partial charge is 0.207 e. The van der Waals surface area contributed by atoms with Crippen molar-refractivity contribution >= 4 is 23.2 Å². The van der Waals surface area contributed by atoms with Crippen LogP contribution in [0.4, 0.5) is 8.78 Å².